The van der Waals surface area contributed by atoms with Gasteiger partial charge in [-0.05, 0) is 54.8 Å². The minimum Gasteiger partial charge on any atom is -0.385 e. The van der Waals surface area contributed by atoms with Gasteiger partial charge in [0.15, 0.2) is 0 Å². The van der Waals surface area contributed by atoms with Crippen LogP contribution < -0.4 is 10.5 Å². The van der Waals surface area contributed by atoms with Crippen LogP contribution in [-0.4, -0.2) is 15.0 Å². The summed E-state index contributed by atoms with van der Waals surface area (Å²) < 4.78 is 35.5. The van der Waals surface area contributed by atoms with Crippen molar-refractivity contribution in [3.05, 3.63) is 58.9 Å². The Labute approximate surface area is 134 Å². The number of benzene rings is 2. The molecular weight excluding hydrogens is 327 g/mol. The maximum absolute atomic E-state index is 13.3. The van der Waals surface area contributed by atoms with Crippen LogP contribution in [0.15, 0.2) is 47.4 Å². The Kier molecular flexibility index (Phi) is 5.39. The summed E-state index contributed by atoms with van der Waals surface area (Å²) in [5.74, 6) is -0.411. The van der Waals surface area contributed by atoms with E-state index < -0.39 is 15.8 Å². The average Bonchev–Trinajstić information content (AvgIpc) is 2.47. The Morgan fingerprint density at radius 3 is 2.41 bits per heavy atom. The second-order valence-electron chi connectivity index (χ2n) is 4.85. The van der Waals surface area contributed by atoms with Crippen LogP contribution in [0.1, 0.15) is 12.0 Å². The van der Waals surface area contributed by atoms with Gasteiger partial charge in [-0.25, -0.2) is 17.9 Å². The first-order chi connectivity index (χ1) is 10.4. The smallest absolute Gasteiger partial charge is 0.238 e. The third kappa shape index (κ3) is 4.69. The maximum atomic E-state index is 13.3. The van der Waals surface area contributed by atoms with Gasteiger partial charge in [0.2, 0.25) is 10.0 Å². The largest absolute Gasteiger partial charge is 0.385 e. The number of primary sulfonamides is 1. The van der Waals surface area contributed by atoms with E-state index in [-0.39, 0.29) is 9.92 Å². The molecule has 0 fully saturated rings. The quantitative estimate of drug-likeness (QED) is 0.792. The van der Waals surface area contributed by atoms with Crippen molar-refractivity contribution >= 4 is 27.3 Å². The summed E-state index contributed by atoms with van der Waals surface area (Å²) in [5.41, 5.74) is 1.68. The molecule has 0 aliphatic carbocycles. The Morgan fingerprint density at radius 1 is 1.14 bits per heavy atom. The van der Waals surface area contributed by atoms with E-state index in [1.54, 1.807) is 24.3 Å². The molecule has 0 saturated carbocycles. The van der Waals surface area contributed by atoms with Gasteiger partial charge >= 0.3 is 0 Å². The lowest BCUT2D eigenvalue weighted by atomic mass is 10.1. The number of nitrogens with two attached hydrogens (primary N) is 1. The van der Waals surface area contributed by atoms with Gasteiger partial charge in [0.25, 0.3) is 0 Å². The summed E-state index contributed by atoms with van der Waals surface area (Å²) in [6.45, 7) is 0.680. The molecule has 0 aromatic heterocycles. The molecule has 118 valence electrons. The summed E-state index contributed by atoms with van der Waals surface area (Å²) in [5, 5.41) is 8.31. The van der Waals surface area contributed by atoms with Crippen molar-refractivity contribution in [2.24, 2.45) is 5.14 Å². The Bertz CT molecular complexity index is 749. The lowest BCUT2D eigenvalue weighted by Gasteiger charge is -2.07. The number of rotatable bonds is 6. The predicted molar refractivity (Wildman–Crippen MR) is 86.0 cm³/mol. The highest BCUT2D eigenvalue weighted by atomic mass is 35.5. The third-order valence-electron chi connectivity index (χ3n) is 3.14. The van der Waals surface area contributed by atoms with Gasteiger partial charge in [-0.3, -0.25) is 0 Å². The maximum Gasteiger partial charge on any atom is 0.238 e. The van der Waals surface area contributed by atoms with Crippen molar-refractivity contribution < 1.29 is 12.8 Å². The van der Waals surface area contributed by atoms with Crippen molar-refractivity contribution in [1.29, 1.82) is 0 Å². The zero-order valence-corrected chi connectivity index (χ0v) is 13.3. The first kappa shape index (κ1) is 16.7. The van der Waals surface area contributed by atoms with Gasteiger partial charge in [-0.2, -0.15) is 0 Å². The molecule has 0 aliphatic rings. The van der Waals surface area contributed by atoms with Gasteiger partial charge in [0, 0.05) is 12.2 Å². The third-order valence-corrected chi connectivity index (χ3v) is 4.37. The molecule has 3 N–H and O–H groups in total. The molecule has 0 unspecified atom stereocenters. The molecule has 0 aliphatic heterocycles. The van der Waals surface area contributed by atoms with Crippen LogP contribution >= 0.6 is 11.6 Å². The van der Waals surface area contributed by atoms with Crippen molar-refractivity contribution in [1.82, 2.24) is 0 Å². The van der Waals surface area contributed by atoms with Gasteiger partial charge in [-0.1, -0.05) is 17.7 Å². The van der Waals surface area contributed by atoms with E-state index >= 15 is 0 Å². The van der Waals surface area contributed by atoms with Crippen LogP contribution in [0.4, 0.5) is 10.1 Å². The molecule has 2 aromatic rings. The van der Waals surface area contributed by atoms with Crippen LogP contribution in [0.3, 0.4) is 0 Å². The highest BCUT2D eigenvalue weighted by Crippen LogP contribution is 2.17. The molecular formula is C15H16ClFN2O2S. The minimum absolute atomic E-state index is 0.0784. The Hall–Kier alpha value is -1.63. The van der Waals surface area contributed by atoms with E-state index in [0.717, 1.165) is 24.1 Å². The van der Waals surface area contributed by atoms with Crippen molar-refractivity contribution in [2.75, 3.05) is 11.9 Å². The number of hydrogen-bond acceptors (Lipinski definition) is 3. The summed E-state index contributed by atoms with van der Waals surface area (Å²) in [6.07, 6.45) is 1.52. The highest BCUT2D eigenvalue weighted by Gasteiger charge is 2.06. The molecule has 0 spiro atoms. The van der Waals surface area contributed by atoms with Gasteiger partial charge in [0.05, 0.1) is 9.92 Å². The normalized spacial score (nSPS) is 11.4. The van der Waals surface area contributed by atoms with Crippen LogP contribution in [-0.2, 0) is 16.4 Å². The van der Waals surface area contributed by atoms with Crippen LogP contribution in [0.5, 0.6) is 0 Å². The monoisotopic (exact) mass is 342 g/mol. The number of sulfonamides is 1. The molecule has 0 heterocycles. The van der Waals surface area contributed by atoms with Crippen molar-refractivity contribution in [2.45, 2.75) is 17.7 Å². The fourth-order valence-corrected chi connectivity index (χ4v) is 2.62. The molecule has 0 atom stereocenters. The zero-order chi connectivity index (χ0) is 16.2. The number of nitrogens with one attached hydrogen (secondary N) is 1. The Balaban J connectivity index is 1.82. The summed E-state index contributed by atoms with van der Waals surface area (Å²) in [4.78, 5) is 0.0784. The van der Waals surface area contributed by atoms with E-state index in [0.29, 0.717) is 6.54 Å². The number of anilines is 1. The van der Waals surface area contributed by atoms with E-state index in [1.165, 1.54) is 18.2 Å². The lowest BCUT2D eigenvalue weighted by molar-refractivity contribution is 0.598. The summed E-state index contributed by atoms with van der Waals surface area (Å²) in [7, 11) is -3.66. The van der Waals surface area contributed by atoms with Gasteiger partial charge in [0.1, 0.15) is 5.82 Å². The predicted octanol–water partition coefficient (Wildman–Crippen LogP) is 3.17. The standard InChI is InChI=1S/C15H16ClFN2O2S/c16-14-8-3-11(10-15(14)17)2-1-9-19-12-4-6-13(7-5-12)22(18,20)21/h3-8,10,19H,1-2,9H2,(H2,18,20,21). The minimum atomic E-state index is -3.66. The second kappa shape index (κ2) is 7.09. The van der Waals surface area contributed by atoms with E-state index in [2.05, 4.69) is 5.32 Å². The fourth-order valence-electron chi connectivity index (χ4n) is 1.98. The first-order valence-electron chi connectivity index (χ1n) is 6.67. The number of halogens is 2. The average molecular weight is 343 g/mol. The second-order valence-corrected chi connectivity index (χ2v) is 6.82. The van der Waals surface area contributed by atoms with Crippen LogP contribution in [0.2, 0.25) is 5.02 Å². The van der Waals surface area contributed by atoms with Crippen molar-refractivity contribution in [3.8, 4) is 0 Å². The topological polar surface area (TPSA) is 72.2 Å². The molecule has 2 aromatic carbocycles. The van der Waals surface area contributed by atoms with Crippen LogP contribution in [0.25, 0.3) is 0 Å². The van der Waals surface area contributed by atoms with E-state index in [4.69, 9.17) is 16.7 Å². The number of aryl methyl sites for hydroxylation is 1. The first-order valence-corrected chi connectivity index (χ1v) is 8.59. The lowest BCUT2D eigenvalue weighted by Crippen LogP contribution is -2.12. The summed E-state index contributed by atoms with van der Waals surface area (Å²) >= 11 is 5.63. The zero-order valence-electron chi connectivity index (χ0n) is 11.7. The summed E-state index contributed by atoms with van der Waals surface area (Å²) in [6, 6.07) is 11.0. The highest BCUT2D eigenvalue weighted by molar-refractivity contribution is 7.89. The molecule has 2 rings (SSSR count). The molecule has 4 nitrogen and oxygen atoms in total. The van der Waals surface area contributed by atoms with E-state index in [1.807, 2.05) is 0 Å². The van der Waals surface area contributed by atoms with Crippen LogP contribution in [0, 0.1) is 5.82 Å². The molecule has 0 bridgehead atoms. The van der Waals surface area contributed by atoms with E-state index in [9.17, 15) is 12.8 Å². The molecule has 7 heteroatoms. The van der Waals surface area contributed by atoms with Gasteiger partial charge < -0.3 is 5.32 Å². The SMILES string of the molecule is NS(=O)(=O)c1ccc(NCCCc2ccc(Cl)c(F)c2)cc1. The molecule has 0 radical (unpaired) electrons. The molecule has 22 heavy (non-hydrogen) atoms. The van der Waals surface area contributed by atoms with Crippen molar-refractivity contribution in [3.63, 3.8) is 0 Å². The molecule has 0 amide bonds. The molecule has 0 saturated heterocycles. The van der Waals surface area contributed by atoms with Gasteiger partial charge in [-0.15, -0.1) is 0 Å². The Morgan fingerprint density at radius 2 is 1.82 bits per heavy atom. The number of hydrogen-bond donors (Lipinski definition) is 2. The fraction of sp³-hybridized carbons (Fsp3) is 0.200.